The predicted octanol–water partition coefficient (Wildman–Crippen LogP) is 0.858. The Bertz CT molecular complexity index is 549. The van der Waals surface area contributed by atoms with E-state index in [0.717, 1.165) is 23.3 Å². The topological polar surface area (TPSA) is 55.0 Å². The molecule has 0 amide bonds. The highest BCUT2D eigenvalue weighted by Gasteiger charge is 2.15. The first-order chi connectivity index (χ1) is 6.86. The summed E-state index contributed by atoms with van der Waals surface area (Å²) in [6.07, 6.45) is 0.754. The fourth-order valence-corrected chi connectivity index (χ4v) is 1.81. The van der Waals surface area contributed by atoms with Crippen molar-refractivity contribution in [3.63, 3.8) is 0 Å². The van der Waals surface area contributed by atoms with Crippen LogP contribution >= 0.6 is 0 Å². The molecular weight excluding hydrogens is 180 g/mol. The third-order valence-electron chi connectivity index (χ3n) is 2.45. The maximum atomic E-state index is 11.4. The summed E-state index contributed by atoms with van der Waals surface area (Å²) < 4.78 is 5.46. The molecule has 2 heterocycles. The molecule has 0 fully saturated rings. The molecular formula is C10H8N2O2. The molecule has 1 N–H and O–H groups in total. The van der Waals surface area contributed by atoms with Gasteiger partial charge in [-0.15, -0.1) is 0 Å². The number of rotatable bonds is 0. The van der Waals surface area contributed by atoms with Gasteiger partial charge in [0.05, 0.1) is 23.1 Å². The summed E-state index contributed by atoms with van der Waals surface area (Å²) in [7, 11) is 0. The lowest BCUT2D eigenvalue weighted by molar-refractivity contribution is 0.315. The molecule has 1 aliphatic rings. The Hall–Kier alpha value is -1.84. The number of ether oxygens (including phenoxy) is 1. The van der Waals surface area contributed by atoms with Crippen molar-refractivity contribution in [2.45, 2.75) is 6.42 Å². The van der Waals surface area contributed by atoms with Crippen LogP contribution in [0.3, 0.4) is 0 Å². The number of nitrogens with zero attached hydrogens (tertiary/aromatic N) is 1. The maximum Gasteiger partial charge on any atom is 0.272 e. The number of hydrogen-bond donors (Lipinski definition) is 1. The van der Waals surface area contributed by atoms with E-state index in [1.807, 2.05) is 12.1 Å². The van der Waals surface area contributed by atoms with E-state index in [1.54, 1.807) is 6.07 Å². The van der Waals surface area contributed by atoms with Gasteiger partial charge in [-0.25, -0.2) is 5.10 Å². The summed E-state index contributed by atoms with van der Waals surface area (Å²) in [6, 6.07) is 5.48. The Labute approximate surface area is 79.5 Å². The van der Waals surface area contributed by atoms with Crippen LogP contribution in [0.2, 0.25) is 0 Å². The third-order valence-corrected chi connectivity index (χ3v) is 2.45. The van der Waals surface area contributed by atoms with Crippen LogP contribution in [0, 0.1) is 0 Å². The van der Waals surface area contributed by atoms with Gasteiger partial charge in [0, 0.05) is 6.42 Å². The maximum absolute atomic E-state index is 11.4. The number of hydrogen-bond acceptors (Lipinski definition) is 3. The number of aromatic amines is 1. The minimum Gasteiger partial charge on any atom is -0.492 e. The lowest BCUT2D eigenvalue weighted by Gasteiger charge is -2.16. The van der Waals surface area contributed by atoms with Crippen molar-refractivity contribution in [1.82, 2.24) is 10.2 Å². The zero-order valence-electron chi connectivity index (χ0n) is 7.41. The van der Waals surface area contributed by atoms with Crippen LogP contribution in [0.4, 0.5) is 0 Å². The van der Waals surface area contributed by atoms with E-state index in [0.29, 0.717) is 12.0 Å². The molecule has 0 saturated carbocycles. The minimum absolute atomic E-state index is 0.156. The Morgan fingerprint density at radius 2 is 2.36 bits per heavy atom. The summed E-state index contributed by atoms with van der Waals surface area (Å²) in [5, 5.41) is 8.04. The van der Waals surface area contributed by atoms with Gasteiger partial charge < -0.3 is 4.74 Å². The van der Waals surface area contributed by atoms with Gasteiger partial charge in [0.25, 0.3) is 5.56 Å². The number of benzene rings is 1. The first kappa shape index (κ1) is 7.55. The number of nitrogens with one attached hydrogen (secondary N) is 1. The molecule has 0 aliphatic carbocycles. The second-order valence-electron chi connectivity index (χ2n) is 3.28. The van der Waals surface area contributed by atoms with E-state index in [9.17, 15) is 4.79 Å². The fraction of sp³-hybridized carbons (Fsp3) is 0.200. The van der Waals surface area contributed by atoms with Gasteiger partial charge in [0.15, 0.2) is 0 Å². The molecule has 3 rings (SSSR count). The molecule has 0 saturated heterocycles. The summed E-state index contributed by atoms with van der Waals surface area (Å²) in [6.45, 7) is 0.630. The summed E-state index contributed by atoms with van der Waals surface area (Å²) in [5.74, 6) is 0.766. The van der Waals surface area contributed by atoms with Crippen LogP contribution in [-0.4, -0.2) is 16.8 Å². The predicted molar refractivity (Wildman–Crippen MR) is 51.6 cm³/mol. The molecule has 4 nitrogen and oxygen atoms in total. The molecule has 70 valence electrons. The van der Waals surface area contributed by atoms with Gasteiger partial charge in [0.2, 0.25) is 0 Å². The van der Waals surface area contributed by atoms with Crippen LogP contribution in [0.15, 0.2) is 23.0 Å². The molecule has 0 atom stereocenters. The van der Waals surface area contributed by atoms with Gasteiger partial charge in [0.1, 0.15) is 5.75 Å². The SMILES string of the molecule is O=c1[nH]nc2c3c(cccc13)OCC2. The van der Waals surface area contributed by atoms with Crippen LogP contribution in [0.25, 0.3) is 10.8 Å². The van der Waals surface area contributed by atoms with Gasteiger partial charge in [-0.1, -0.05) is 6.07 Å². The largest absolute Gasteiger partial charge is 0.492 e. The Morgan fingerprint density at radius 1 is 1.43 bits per heavy atom. The smallest absolute Gasteiger partial charge is 0.272 e. The Kier molecular flexibility index (Phi) is 1.39. The Balaban J connectivity index is 2.57. The van der Waals surface area contributed by atoms with Crippen molar-refractivity contribution in [1.29, 1.82) is 0 Å². The Morgan fingerprint density at radius 3 is 3.29 bits per heavy atom. The zero-order valence-corrected chi connectivity index (χ0v) is 7.41. The van der Waals surface area contributed by atoms with Crippen LogP contribution in [-0.2, 0) is 6.42 Å². The van der Waals surface area contributed by atoms with Crippen molar-refractivity contribution >= 4 is 10.8 Å². The molecule has 2 aromatic rings. The lowest BCUT2D eigenvalue weighted by atomic mass is 10.1. The summed E-state index contributed by atoms with van der Waals surface area (Å²) in [4.78, 5) is 11.4. The van der Waals surface area contributed by atoms with Gasteiger partial charge in [-0.3, -0.25) is 4.79 Å². The fourth-order valence-electron chi connectivity index (χ4n) is 1.81. The average Bonchev–Trinajstić information content (AvgIpc) is 2.24. The van der Waals surface area contributed by atoms with Gasteiger partial charge in [-0.2, -0.15) is 5.10 Å². The lowest BCUT2D eigenvalue weighted by Crippen LogP contribution is -2.17. The van der Waals surface area contributed by atoms with Crippen LogP contribution in [0.1, 0.15) is 5.69 Å². The van der Waals surface area contributed by atoms with E-state index in [-0.39, 0.29) is 5.56 Å². The molecule has 0 unspecified atom stereocenters. The quantitative estimate of drug-likeness (QED) is 0.667. The number of aromatic nitrogens is 2. The summed E-state index contributed by atoms with van der Waals surface area (Å²) in [5.41, 5.74) is 0.762. The van der Waals surface area contributed by atoms with Crippen LogP contribution < -0.4 is 10.3 Å². The molecule has 1 aromatic carbocycles. The van der Waals surface area contributed by atoms with E-state index >= 15 is 0 Å². The van der Waals surface area contributed by atoms with E-state index in [4.69, 9.17) is 4.74 Å². The standard InChI is InChI=1S/C10H8N2O2/c13-10-6-2-1-3-8-9(6)7(11-12-10)4-5-14-8/h1-3H,4-5H2,(H,12,13). The van der Waals surface area contributed by atoms with Crippen molar-refractivity contribution in [3.8, 4) is 5.75 Å². The van der Waals surface area contributed by atoms with Crippen molar-refractivity contribution < 1.29 is 4.74 Å². The molecule has 0 bridgehead atoms. The molecule has 0 spiro atoms. The molecule has 0 radical (unpaired) electrons. The first-order valence-corrected chi connectivity index (χ1v) is 4.49. The second-order valence-corrected chi connectivity index (χ2v) is 3.28. The normalized spacial score (nSPS) is 14.0. The monoisotopic (exact) mass is 188 g/mol. The van der Waals surface area contributed by atoms with Crippen molar-refractivity contribution in [2.75, 3.05) is 6.61 Å². The van der Waals surface area contributed by atoms with Crippen LogP contribution in [0.5, 0.6) is 5.75 Å². The highest BCUT2D eigenvalue weighted by molar-refractivity contribution is 5.89. The van der Waals surface area contributed by atoms with E-state index < -0.39 is 0 Å². The first-order valence-electron chi connectivity index (χ1n) is 4.49. The molecule has 14 heavy (non-hydrogen) atoms. The molecule has 1 aliphatic heterocycles. The zero-order chi connectivity index (χ0) is 9.54. The van der Waals surface area contributed by atoms with Gasteiger partial charge >= 0.3 is 0 Å². The van der Waals surface area contributed by atoms with E-state index in [2.05, 4.69) is 10.2 Å². The highest BCUT2D eigenvalue weighted by atomic mass is 16.5. The number of H-pyrrole nitrogens is 1. The van der Waals surface area contributed by atoms with E-state index in [1.165, 1.54) is 0 Å². The minimum atomic E-state index is -0.156. The molecule has 4 heteroatoms. The van der Waals surface area contributed by atoms with Crippen molar-refractivity contribution in [2.24, 2.45) is 0 Å². The third kappa shape index (κ3) is 0.878. The highest BCUT2D eigenvalue weighted by Crippen LogP contribution is 2.28. The average molecular weight is 188 g/mol. The molecule has 1 aromatic heterocycles. The van der Waals surface area contributed by atoms with Gasteiger partial charge in [-0.05, 0) is 12.1 Å². The second kappa shape index (κ2) is 2.57. The van der Waals surface area contributed by atoms with Crippen molar-refractivity contribution in [3.05, 3.63) is 34.2 Å². The summed E-state index contributed by atoms with van der Waals surface area (Å²) >= 11 is 0.